The summed E-state index contributed by atoms with van der Waals surface area (Å²) < 4.78 is 18.0. The van der Waals surface area contributed by atoms with Crippen LogP contribution in [-0.2, 0) is 20.9 Å². The summed E-state index contributed by atoms with van der Waals surface area (Å²) in [7, 11) is 3.29. The highest BCUT2D eigenvalue weighted by Crippen LogP contribution is 2.51. The fraction of sp³-hybridized carbons (Fsp3) is 0.400. The highest BCUT2D eigenvalue weighted by molar-refractivity contribution is 9.10. The SMILES string of the molecule is COCCN1C2=C(C(=O)CCC2)C(c2cc(Br)c(OCc3ccccc3)c(OC)c2)C2=C1CCCC2=O. The zero-order chi connectivity index (χ0) is 25.9. The summed E-state index contributed by atoms with van der Waals surface area (Å²) >= 11 is 3.70. The number of nitrogens with zero attached hydrogens (tertiary/aromatic N) is 1. The molecule has 0 saturated heterocycles. The van der Waals surface area contributed by atoms with Gasteiger partial charge in [0.05, 0.1) is 18.2 Å². The Bertz CT molecular complexity index is 1220. The van der Waals surface area contributed by atoms with Crippen LogP contribution in [0.4, 0.5) is 0 Å². The van der Waals surface area contributed by atoms with Crippen molar-refractivity contribution >= 4 is 27.5 Å². The summed E-state index contributed by atoms with van der Waals surface area (Å²) in [6, 6.07) is 13.9. The molecular formula is C30H32BrNO5. The summed E-state index contributed by atoms with van der Waals surface area (Å²) in [4.78, 5) is 29.1. The van der Waals surface area contributed by atoms with Gasteiger partial charge in [-0.25, -0.2) is 0 Å². The highest BCUT2D eigenvalue weighted by Gasteiger charge is 2.43. The molecule has 5 rings (SSSR count). The van der Waals surface area contributed by atoms with E-state index in [2.05, 4.69) is 20.8 Å². The van der Waals surface area contributed by atoms with Gasteiger partial charge in [-0.2, -0.15) is 0 Å². The van der Waals surface area contributed by atoms with E-state index < -0.39 is 5.92 Å². The monoisotopic (exact) mass is 565 g/mol. The fourth-order valence-corrected chi connectivity index (χ4v) is 6.35. The van der Waals surface area contributed by atoms with Crippen molar-refractivity contribution in [2.75, 3.05) is 27.4 Å². The number of halogens is 1. The van der Waals surface area contributed by atoms with E-state index in [4.69, 9.17) is 14.2 Å². The minimum absolute atomic E-state index is 0.123. The van der Waals surface area contributed by atoms with Crippen LogP contribution in [0.25, 0.3) is 0 Å². The van der Waals surface area contributed by atoms with Gasteiger partial charge in [0.2, 0.25) is 0 Å². The van der Waals surface area contributed by atoms with Crippen LogP contribution in [-0.4, -0.2) is 43.8 Å². The van der Waals surface area contributed by atoms with Crippen molar-refractivity contribution in [1.29, 1.82) is 0 Å². The number of allylic oxidation sites excluding steroid dienone is 4. The standard InChI is InChI=1S/C30H32BrNO5/c1-35-15-14-32-22-10-6-12-24(33)28(22)27(29-23(32)11-7-13-25(29)34)20-16-21(31)30(26(17-20)36-2)37-18-19-8-4-3-5-9-19/h3-5,8-9,16-17,27H,6-7,10-15,18H2,1-2H3. The lowest BCUT2D eigenvalue weighted by molar-refractivity contribution is -0.117. The molecule has 2 aromatic rings. The van der Waals surface area contributed by atoms with Crippen LogP contribution in [0, 0.1) is 0 Å². The molecule has 0 aromatic heterocycles. The Morgan fingerprint density at radius 3 is 2.16 bits per heavy atom. The molecule has 6 nitrogen and oxygen atoms in total. The molecular weight excluding hydrogens is 534 g/mol. The first-order valence-corrected chi connectivity index (χ1v) is 13.7. The highest BCUT2D eigenvalue weighted by atomic mass is 79.9. The summed E-state index contributed by atoms with van der Waals surface area (Å²) in [5, 5.41) is 0. The molecule has 0 spiro atoms. The number of hydrogen-bond donors (Lipinski definition) is 0. The van der Waals surface area contributed by atoms with Crippen molar-refractivity contribution in [2.24, 2.45) is 0 Å². The number of carbonyl (C=O) groups excluding carboxylic acids is 2. The summed E-state index contributed by atoms with van der Waals surface area (Å²) in [5.74, 6) is 1.01. The van der Waals surface area contributed by atoms with Crippen LogP contribution in [0.15, 0.2) is 69.5 Å². The normalized spacial score (nSPS) is 18.2. The number of Topliss-reactive ketones (excluding diaryl/α,β-unsaturated/α-hetero) is 2. The molecule has 7 heteroatoms. The van der Waals surface area contributed by atoms with Gasteiger partial charge in [-0.15, -0.1) is 0 Å². The quantitative estimate of drug-likeness (QED) is 0.385. The van der Waals surface area contributed by atoms with Crippen LogP contribution < -0.4 is 9.47 Å². The Kier molecular flexibility index (Phi) is 7.81. The smallest absolute Gasteiger partial charge is 0.175 e. The second-order valence-electron chi connectivity index (χ2n) is 9.66. The molecule has 37 heavy (non-hydrogen) atoms. The maximum Gasteiger partial charge on any atom is 0.175 e. The van der Waals surface area contributed by atoms with Gasteiger partial charge in [0, 0.05) is 55.0 Å². The molecule has 0 atom stereocenters. The minimum Gasteiger partial charge on any atom is -0.493 e. The number of ketones is 2. The van der Waals surface area contributed by atoms with Crippen molar-refractivity contribution in [3.63, 3.8) is 0 Å². The van der Waals surface area contributed by atoms with E-state index in [0.29, 0.717) is 44.1 Å². The molecule has 0 unspecified atom stereocenters. The molecule has 0 radical (unpaired) electrons. The number of carbonyl (C=O) groups is 2. The molecule has 0 fully saturated rings. The van der Waals surface area contributed by atoms with Gasteiger partial charge < -0.3 is 19.1 Å². The molecule has 0 bridgehead atoms. The molecule has 0 N–H and O–H groups in total. The number of benzene rings is 2. The molecule has 194 valence electrons. The average Bonchev–Trinajstić information content (AvgIpc) is 2.91. The molecule has 0 amide bonds. The van der Waals surface area contributed by atoms with Crippen LogP contribution in [0.2, 0.25) is 0 Å². The van der Waals surface area contributed by atoms with E-state index in [1.807, 2.05) is 42.5 Å². The first-order chi connectivity index (χ1) is 18.0. The Hall–Kier alpha value is -2.90. The lowest BCUT2D eigenvalue weighted by Crippen LogP contribution is -2.40. The van der Waals surface area contributed by atoms with E-state index in [9.17, 15) is 9.59 Å². The van der Waals surface area contributed by atoms with Crippen LogP contribution in [0.5, 0.6) is 11.5 Å². The first kappa shape index (κ1) is 25.7. The summed E-state index contributed by atoms with van der Waals surface area (Å²) in [5.41, 5.74) is 5.52. The first-order valence-electron chi connectivity index (χ1n) is 12.9. The minimum atomic E-state index is -0.405. The third-order valence-electron chi connectivity index (χ3n) is 7.42. The maximum absolute atomic E-state index is 13.5. The van der Waals surface area contributed by atoms with E-state index in [0.717, 1.165) is 63.8 Å². The van der Waals surface area contributed by atoms with Gasteiger partial charge in [0.25, 0.3) is 0 Å². The maximum atomic E-state index is 13.5. The largest absolute Gasteiger partial charge is 0.493 e. The fourth-order valence-electron chi connectivity index (χ4n) is 5.78. The van der Waals surface area contributed by atoms with Gasteiger partial charge in [-0.05, 0) is 64.9 Å². The Labute approximate surface area is 226 Å². The van der Waals surface area contributed by atoms with Gasteiger partial charge in [-0.1, -0.05) is 30.3 Å². The Morgan fingerprint density at radius 1 is 0.919 bits per heavy atom. The van der Waals surface area contributed by atoms with Crippen LogP contribution >= 0.6 is 15.9 Å². The second-order valence-corrected chi connectivity index (χ2v) is 10.5. The van der Waals surface area contributed by atoms with Crippen molar-refractivity contribution in [1.82, 2.24) is 4.90 Å². The van der Waals surface area contributed by atoms with Crippen molar-refractivity contribution in [2.45, 2.75) is 51.0 Å². The van der Waals surface area contributed by atoms with E-state index >= 15 is 0 Å². The zero-order valence-corrected chi connectivity index (χ0v) is 22.9. The molecule has 2 aromatic carbocycles. The van der Waals surface area contributed by atoms with Crippen molar-refractivity contribution < 1.29 is 23.8 Å². The van der Waals surface area contributed by atoms with Gasteiger partial charge in [0.1, 0.15) is 6.61 Å². The van der Waals surface area contributed by atoms with E-state index in [-0.39, 0.29) is 11.6 Å². The van der Waals surface area contributed by atoms with Crippen LogP contribution in [0.3, 0.4) is 0 Å². The Morgan fingerprint density at radius 2 is 1.57 bits per heavy atom. The summed E-state index contributed by atoms with van der Waals surface area (Å²) in [6.07, 6.45) is 4.29. The molecule has 1 aliphatic heterocycles. The molecule has 3 aliphatic rings. The van der Waals surface area contributed by atoms with Crippen LogP contribution in [0.1, 0.15) is 55.6 Å². The molecule has 2 aliphatic carbocycles. The van der Waals surface area contributed by atoms with Crippen molar-refractivity contribution in [3.8, 4) is 11.5 Å². The lowest BCUT2D eigenvalue weighted by atomic mass is 9.71. The van der Waals surface area contributed by atoms with E-state index in [1.165, 1.54) is 0 Å². The number of methoxy groups -OCH3 is 2. The predicted octanol–water partition coefficient (Wildman–Crippen LogP) is 6.10. The average molecular weight is 566 g/mol. The number of rotatable bonds is 8. The summed E-state index contributed by atoms with van der Waals surface area (Å²) in [6.45, 7) is 1.57. The third-order valence-corrected chi connectivity index (χ3v) is 8.01. The number of hydrogen-bond acceptors (Lipinski definition) is 6. The topological polar surface area (TPSA) is 65.1 Å². The molecule has 1 heterocycles. The van der Waals surface area contributed by atoms with E-state index in [1.54, 1.807) is 14.2 Å². The van der Waals surface area contributed by atoms with Gasteiger partial charge in [-0.3, -0.25) is 9.59 Å². The van der Waals surface area contributed by atoms with Crippen molar-refractivity contribution in [3.05, 3.63) is 80.6 Å². The van der Waals surface area contributed by atoms with Gasteiger partial charge >= 0.3 is 0 Å². The lowest BCUT2D eigenvalue weighted by Gasteiger charge is -2.44. The third kappa shape index (κ3) is 4.99. The van der Waals surface area contributed by atoms with Gasteiger partial charge in [0.15, 0.2) is 23.1 Å². The second kappa shape index (κ2) is 11.2. The zero-order valence-electron chi connectivity index (χ0n) is 21.3. The predicted molar refractivity (Wildman–Crippen MR) is 145 cm³/mol. The Balaban J connectivity index is 1.60. The molecule has 0 saturated carbocycles. The number of ether oxygens (including phenoxy) is 3.